The van der Waals surface area contributed by atoms with Gasteiger partial charge in [0, 0.05) is 0 Å². The van der Waals surface area contributed by atoms with Crippen LogP contribution in [0.2, 0.25) is 0 Å². The molecule has 5 fully saturated rings. The lowest BCUT2D eigenvalue weighted by Crippen LogP contribution is -2.60. The van der Waals surface area contributed by atoms with Crippen molar-refractivity contribution in [1.82, 2.24) is 0 Å². The zero-order valence-corrected chi connectivity index (χ0v) is 17.3. The van der Waals surface area contributed by atoms with Crippen LogP contribution in [0.15, 0.2) is 0 Å². The fraction of sp³-hybridized carbons (Fsp3) is 1.00. The van der Waals surface area contributed by atoms with E-state index >= 15 is 0 Å². The minimum Gasteiger partial charge on any atom is -0.394 e. The zero-order chi connectivity index (χ0) is 20.1. The van der Waals surface area contributed by atoms with Crippen molar-refractivity contribution in [3.05, 3.63) is 0 Å². The van der Waals surface area contributed by atoms with Gasteiger partial charge in [0.2, 0.25) is 0 Å². The highest BCUT2D eigenvalue weighted by Crippen LogP contribution is 2.58. The first kappa shape index (κ1) is 20.7. The molecule has 0 bridgehead atoms. The van der Waals surface area contributed by atoms with Crippen LogP contribution < -0.4 is 0 Å². The van der Waals surface area contributed by atoms with Crippen molar-refractivity contribution in [1.29, 1.82) is 0 Å². The Labute approximate surface area is 173 Å². The van der Waals surface area contributed by atoms with Crippen LogP contribution in [0.4, 0.5) is 0 Å². The molecule has 1 heterocycles. The van der Waals surface area contributed by atoms with Crippen molar-refractivity contribution in [2.45, 2.75) is 101 Å². The Bertz CT molecular complexity index is 570. The molecule has 5 aliphatic rings. The Hall–Kier alpha value is -0.240. The second-order valence-corrected chi connectivity index (χ2v) is 10.5. The zero-order valence-electron chi connectivity index (χ0n) is 17.3. The van der Waals surface area contributed by atoms with E-state index in [4.69, 9.17) is 9.47 Å². The Balaban J connectivity index is 1.20. The van der Waals surface area contributed by atoms with Crippen LogP contribution in [0, 0.1) is 35.5 Å². The number of rotatable bonds is 3. The summed E-state index contributed by atoms with van der Waals surface area (Å²) in [6, 6.07) is 0. The van der Waals surface area contributed by atoms with Gasteiger partial charge < -0.3 is 29.9 Å². The lowest BCUT2D eigenvalue weighted by atomic mass is 9.53. The number of hydrogen-bond acceptors (Lipinski definition) is 6. The van der Waals surface area contributed by atoms with Gasteiger partial charge in [-0.15, -0.1) is 0 Å². The molecule has 0 aromatic carbocycles. The molecule has 4 saturated carbocycles. The van der Waals surface area contributed by atoms with Gasteiger partial charge in [0.15, 0.2) is 6.29 Å². The first-order chi connectivity index (χ1) is 14.1. The maximum atomic E-state index is 10.3. The topological polar surface area (TPSA) is 99.4 Å². The van der Waals surface area contributed by atoms with Crippen LogP contribution in [0.1, 0.15) is 64.2 Å². The van der Waals surface area contributed by atoms with Crippen LogP contribution in [0.5, 0.6) is 0 Å². The smallest absolute Gasteiger partial charge is 0.186 e. The van der Waals surface area contributed by atoms with Gasteiger partial charge in [0.05, 0.1) is 12.7 Å². The van der Waals surface area contributed by atoms with Crippen LogP contribution >= 0.6 is 0 Å². The van der Waals surface area contributed by atoms with E-state index in [9.17, 15) is 20.4 Å². The molecule has 0 amide bonds. The first-order valence-corrected chi connectivity index (χ1v) is 12.0. The highest BCUT2D eigenvalue weighted by atomic mass is 16.7. The maximum absolute atomic E-state index is 10.3. The molecule has 5 rings (SSSR count). The van der Waals surface area contributed by atoms with Gasteiger partial charge in [0.25, 0.3) is 0 Å². The second kappa shape index (κ2) is 8.36. The Morgan fingerprint density at radius 3 is 2.14 bits per heavy atom. The molecular formula is C23H38O6. The molecule has 166 valence electrons. The third-order valence-electron chi connectivity index (χ3n) is 9.28. The van der Waals surface area contributed by atoms with Crippen LogP contribution in [-0.2, 0) is 9.47 Å². The van der Waals surface area contributed by atoms with Crippen LogP contribution in [0.25, 0.3) is 0 Å². The summed E-state index contributed by atoms with van der Waals surface area (Å²) in [5.74, 6) is 5.39. The Kier molecular flexibility index (Phi) is 5.95. The fourth-order valence-electron chi connectivity index (χ4n) is 7.93. The third-order valence-corrected chi connectivity index (χ3v) is 9.28. The molecular weight excluding hydrogens is 372 g/mol. The summed E-state index contributed by atoms with van der Waals surface area (Å²) in [5, 5.41) is 39.6. The third kappa shape index (κ3) is 3.68. The van der Waals surface area contributed by atoms with Crippen LogP contribution in [0.3, 0.4) is 0 Å². The van der Waals surface area contributed by atoms with Crippen molar-refractivity contribution in [2.75, 3.05) is 6.61 Å². The molecule has 6 unspecified atom stereocenters. The van der Waals surface area contributed by atoms with E-state index in [2.05, 4.69) is 0 Å². The average Bonchev–Trinajstić information content (AvgIpc) is 3.23. The van der Waals surface area contributed by atoms with Gasteiger partial charge >= 0.3 is 0 Å². The molecule has 0 radical (unpaired) electrons. The summed E-state index contributed by atoms with van der Waals surface area (Å²) >= 11 is 0. The van der Waals surface area contributed by atoms with E-state index in [1.807, 2.05) is 0 Å². The average molecular weight is 411 g/mol. The predicted octanol–water partition coefficient (Wildman–Crippen LogP) is 1.82. The van der Waals surface area contributed by atoms with Gasteiger partial charge in [0.1, 0.15) is 24.4 Å². The monoisotopic (exact) mass is 410 g/mol. The quantitative estimate of drug-likeness (QED) is 0.530. The van der Waals surface area contributed by atoms with Gasteiger partial charge in [-0.3, -0.25) is 0 Å². The van der Waals surface area contributed by atoms with E-state index < -0.39 is 37.3 Å². The number of ether oxygens (including phenoxy) is 2. The largest absolute Gasteiger partial charge is 0.394 e. The molecule has 29 heavy (non-hydrogen) atoms. The lowest BCUT2D eigenvalue weighted by Gasteiger charge is -2.53. The molecule has 1 saturated heterocycles. The standard InChI is InChI=1S/C23H38O6/c24-11-19-20(25)21(26)22(27)23(29-19)28-14-6-9-16-13(10-14)5-8-17-15-3-1-2-12(15)4-7-18(16)17/h12-27H,1-11H2/t12?,13?,14-,15?,16?,17?,18?,19+,20+,21-,22+,23+/m0/s1. The predicted molar refractivity (Wildman–Crippen MR) is 106 cm³/mol. The molecule has 0 aromatic rings. The van der Waals surface area contributed by atoms with E-state index in [0.29, 0.717) is 5.92 Å². The van der Waals surface area contributed by atoms with E-state index in [0.717, 1.165) is 42.4 Å². The van der Waals surface area contributed by atoms with Crippen molar-refractivity contribution in [2.24, 2.45) is 35.5 Å². The molecule has 6 nitrogen and oxygen atoms in total. The number of fused-ring (bicyclic) bond motifs is 5. The van der Waals surface area contributed by atoms with Crippen molar-refractivity contribution >= 4 is 0 Å². The van der Waals surface area contributed by atoms with Gasteiger partial charge in [-0.2, -0.15) is 0 Å². The first-order valence-electron chi connectivity index (χ1n) is 12.0. The maximum Gasteiger partial charge on any atom is 0.186 e. The normalized spacial score (nSPS) is 55.0. The molecule has 12 atom stereocenters. The van der Waals surface area contributed by atoms with Gasteiger partial charge in [-0.25, -0.2) is 0 Å². The molecule has 0 spiro atoms. The minimum atomic E-state index is -1.36. The highest BCUT2D eigenvalue weighted by molar-refractivity contribution is 4.99. The summed E-state index contributed by atoms with van der Waals surface area (Å²) in [7, 11) is 0. The summed E-state index contributed by atoms with van der Waals surface area (Å²) in [6.07, 6.45) is 7.21. The number of aliphatic hydroxyl groups is 4. The van der Waals surface area contributed by atoms with Crippen LogP contribution in [-0.4, -0.2) is 63.8 Å². The van der Waals surface area contributed by atoms with Crippen molar-refractivity contribution in [3.8, 4) is 0 Å². The highest BCUT2D eigenvalue weighted by Gasteiger charge is 2.50. The lowest BCUT2D eigenvalue weighted by molar-refractivity contribution is -0.315. The molecule has 0 aromatic heterocycles. The van der Waals surface area contributed by atoms with E-state index in [-0.39, 0.29) is 6.10 Å². The summed E-state index contributed by atoms with van der Waals surface area (Å²) in [5.41, 5.74) is 0. The molecule has 1 aliphatic heterocycles. The van der Waals surface area contributed by atoms with E-state index in [1.165, 1.54) is 51.4 Å². The molecule has 6 heteroatoms. The summed E-state index contributed by atoms with van der Waals surface area (Å²) < 4.78 is 11.7. The number of aliphatic hydroxyl groups excluding tert-OH is 4. The summed E-state index contributed by atoms with van der Waals surface area (Å²) in [4.78, 5) is 0. The number of hydrogen-bond donors (Lipinski definition) is 4. The second-order valence-electron chi connectivity index (χ2n) is 10.5. The minimum absolute atomic E-state index is 0.0112. The SMILES string of the molecule is OC[C@H]1O[C@@H](O[C@H]2CCC3C(CCC4C5CCCC5CCC34)C2)[C@H](O)[C@@H](O)[C@@H]1O. The Morgan fingerprint density at radius 2 is 1.38 bits per heavy atom. The van der Waals surface area contributed by atoms with Gasteiger partial charge in [-0.1, -0.05) is 12.8 Å². The van der Waals surface area contributed by atoms with Crippen molar-refractivity contribution < 1.29 is 29.9 Å². The van der Waals surface area contributed by atoms with E-state index in [1.54, 1.807) is 0 Å². The summed E-state index contributed by atoms with van der Waals surface area (Å²) in [6.45, 7) is -0.411. The Morgan fingerprint density at radius 1 is 0.690 bits per heavy atom. The molecule has 4 N–H and O–H groups in total. The molecule has 4 aliphatic carbocycles. The van der Waals surface area contributed by atoms with Gasteiger partial charge in [-0.05, 0) is 86.9 Å². The van der Waals surface area contributed by atoms with Crippen molar-refractivity contribution in [3.63, 3.8) is 0 Å². The fourth-order valence-corrected chi connectivity index (χ4v) is 7.93.